The van der Waals surface area contributed by atoms with Crippen LogP contribution in [0.2, 0.25) is 0 Å². The highest BCUT2D eigenvalue weighted by Gasteiger charge is 2.15. The molecule has 0 fully saturated rings. The zero-order valence-corrected chi connectivity index (χ0v) is 26.8. The second-order valence-electron chi connectivity index (χ2n) is 9.97. The normalized spacial score (nSPS) is 11.1. The van der Waals surface area contributed by atoms with Gasteiger partial charge in [0, 0.05) is 25.7 Å². The van der Waals surface area contributed by atoms with Crippen LogP contribution in [0.25, 0.3) is 0 Å². The van der Waals surface area contributed by atoms with Crippen LogP contribution in [0.15, 0.2) is 47.5 Å². The molecule has 0 radical (unpaired) electrons. The Kier molecular flexibility index (Phi) is 18.6. The Balaban J connectivity index is 1.55. The summed E-state index contributed by atoms with van der Waals surface area (Å²) in [6.45, 7) is 1.09. The van der Waals surface area contributed by atoms with Crippen LogP contribution in [0, 0.1) is 0 Å². The molecule has 0 saturated carbocycles. The molecule has 0 aliphatic heterocycles. The van der Waals surface area contributed by atoms with Gasteiger partial charge in [-0.3, -0.25) is 19.1 Å². The molecule has 1 aromatic heterocycles. The molecule has 2 aromatic rings. The van der Waals surface area contributed by atoms with Crippen LogP contribution in [-0.4, -0.2) is 113 Å². The molecule has 2 amide bonds. The van der Waals surface area contributed by atoms with Gasteiger partial charge in [0.05, 0.1) is 50.1 Å². The van der Waals surface area contributed by atoms with Gasteiger partial charge in [-0.2, -0.15) is 0 Å². The molecule has 17 heteroatoms. The topological polar surface area (TPSA) is 229 Å². The van der Waals surface area contributed by atoms with Crippen LogP contribution in [0.5, 0.6) is 0 Å². The van der Waals surface area contributed by atoms with E-state index in [-0.39, 0.29) is 94.5 Å². The molecule has 1 heterocycles. The summed E-state index contributed by atoms with van der Waals surface area (Å²) in [4.78, 5) is 49.0. The van der Waals surface area contributed by atoms with Gasteiger partial charge >= 0.3 is 11.9 Å². The van der Waals surface area contributed by atoms with E-state index in [0.717, 1.165) is 24.8 Å². The van der Waals surface area contributed by atoms with E-state index < -0.39 is 27.9 Å². The zero-order chi connectivity index (χ0) is 34.3. The monoisotopic (exact) mass is 682 g/mol. The molecule has 2 rings (SSSR count). The third kappa shape index (κ3) is 17.9. The van der Waals surface area contributed by atoms with Crippen LogP contribution < -0.4 is 15.4 Å². The molecular weight excluding hydrogens is 640 g/mol. The SMILES string of the molecule is O=C(O)CCCCCc1ccc(S(=O)(=O)Nc2ccc(C(=O)NCCOCCOCC(=O)NCCOCCOCC(=O)O)cn2)cc1. The van der Waals surface area contributed by atoms with Crippen molar-refractivity contribution in [2.45, 2.75) is 37.0 Å². The van der Waals surface area contributed by atoms with Crippen molar-refractivity contribution in [1.29, 1.82) is 0 Å². The second kappa shape index (κ2) is 22.4. The Bertz CT molecular complexity index is 1360. The number of rotatable bonds is 26. The van der Waals surface area contributed by atoms with E-state index in [9.17, 15) is 27.6 Å². The van der Waals surface area contributed by atoms with Crippen molar-refractivity contribution in [2.24, 2.45) is 0 Å². The van der Waals surface area contributed by atoms with Crippen molar-refractivity contribution < 1.29 is 56.8 Å². The van der Waals surface area contributed by atoms with Crippen LogP contribution in [0.3, 0.4) is 0 Å². The van der Waals surface area contributed by atoms with Crippen LogP contribution >= 0.6 is 0 Å². The van der Waals surface area contributed by atoms with Crippen LogP contribution in [0.1, 0.15) is 41.6 Å². The molecule has 260 valence electrons. The number of nitrogens with zero attached hydrogens (tertiary/aromatic N) is 1. The minimum atomic E-state index is -3.90. The fourth-order valence-corrected chi connectivity index (χ4v) is 4.83. The van der Waals surface area contributed by atoms with Gasteiger partial charge in [0.15, 0.2) is 0 Å². The molecule has 0 atom stereocenters. The van der Waals surface area contributed by atoms with Gasteiger partial charge in [-0.25, -0.2) is 18.2 Å². The van der Waals surface area contributed by atoms with Gasteiger partial charge in [0.25, 0.3) is 15.9 Å². The molecule has 0 spiro atoms. The van der Waals surface area contributed by atoms with Crippen molar-refractivity contribution in [1.82, 2.24) is 15.6 Å². The molecule has 1 aromatic carbocycles. The van der Waals surface area contributed by atoms with Crippen molar-refractivity contribution in [2.75, 3.05) is 70.7 Å². The van der Waals surface area contributed by atoms with E-state index in [0.29, 0.717) is 6.42 Å². The number of aromatic nitrogens is 1. The summed E-state index contributed by atoms with van der Waals surface area (Å²) in [5.41, 5.74) is 1.18. The number of ether oxygens (including phenoxy) is 4. The maximum absolute atomic E-state index is 12.8. The first-order valence-electron chi connectivity index (χ1n) is 14.9. The lowest BCUT2D eigenvalue weighted by Gasteiger charge is -2.10. The summed E-state index contributed by atoms with van der Waals surface area (Å²) in [6.07, 6.45) is 4.30. The predicted octanol–water partition coefficient (Wildman–Crippen LogP) is 1.07. The van der Waals surface area contributed by atoms with Crippen molar-refractivity contribution in [3.05, 3.63) is 53.7 Å². The number of unbranched alkanes of at least 4 members (excludes halogenated alkanes) is 2. The number of aliphatic carboxylic acids is 2. The zero-order valence-electron chi connectivity index (χ0n) is 26.0. The molecule has 16 nitrogen and oxygen atoms in total. The molecule has 0 aliphatic carbocycles. The number of sulfonamides is 1. The summed E-state index contributed by atoms with van der Waals surface area (Å²) >= 11 is 0. The largest absolute Gasteiger partial charge is 0.481 e. The number of carboxylic acids is 2. The Morgan fingerprint density at radius 3 is 1.96 bits per heavy atom. The smallest absolute Gasteiger partial charge is 0.329 e. The summed E-state index contributed by atoms with van der Waals surface area (Å²) in [7, 11) is -3.90. The number of aryl methyl sites for hydroxylation is 1. The number of hydrogen-bond acceptors (Lipinski definition) is 11. The lowest BCUT2D eigenvalue weighted by Crippen LogP contribution is -2.31. The Labute approximate surface area is 273 Å². The van der Waals surface area contributed by atoms with E-state index in [1.165, 1.54) is 30.5 Å². The average molecular weight is 683 g/mol. The van der Waals surface area contributed by atoms with E-state index in [4.69, 9.17) is 29.2 Å². The Morgan fingerprint density at radius 2 is 1.34 bits per heavy atom. The van der Waals surface area contributed by atoms with E-state index >= 15 is 0 Å². The molecule has 0 unspecified atom stereocenters. The average Bonchev–Trinajstić information content (AvgIpc) is 3.03. The maximum Gasteiger partial charge on any atom is 0.329 e. The number of carbonyl (C=O) groups is 4. The first kappa shape index (κ1) is 39.0. The number of carboxylic acid groups (broad SMARTS) is 2. The number of nitrogens with one attached hydrogen (secondary N) is 3. The lowest BCUT2D eigenvalue weighted by molar-refractivity contribution is -0.143. The van der Waals surface area contributed by atoms with Crippen molar-refractivity contribution >= 4 is 39.6 Å². The van der Waals surface area contributed by atoms with Crippen LogP contribution in [0.4, 0.5) is 5.82 Å². The molecule has 0 aliphatic rings. The fourth-order valence-electron chi connectivity index (χ4n) is 3.82. The minimum Gasteiger partial charge on any atom is -0.481 e. The van der Waals surface area contributed by atoms with Gasteiger partial charge in [-0.1, -0.05) is 18.6 Å². The minimum absolute atomic E-state index is 0.0504. The predicted molar refractivity (Wildman–Crippen MR) is 168 cm³/mol. The first-order valence-corrected chi connectivity index (χ1v) is 16.4. The standard InChI is InChI=1S/C30H42N4O12S/c35-27(31-12-14-43-17-19-46-22-29(38)39)21-45-18-16-44-15-13-32-30(40)24-8-11-26(33-20-24)34-47(41,42)25-9-6-23(7-10-25)4-2-1-3-5-28(36)37/h6-11,20H,1-5,12-19,21-22H2,(H,31,35)(H,32,40)(H,33,34)(H,36,37)(H,38,39). The van der Waals surface area contributed by atoms with Crippen molar-refractivity contribution in [3.63, 3.8) is 0 Å². The first-order chi connectivity index (χ1) is 22.6. The summed E-state index contributed by atoms with van der Waals surface area (Å²) in [5, 5.41) is 22.4. The number of hydrogen-bond donors (Lipinski definition) is 5. The molecule has 0 bridgehead atoms. The summed E-state index contributed by atoms with van der Waals surface area (Å²) in [6, 6.07) is 9.25. The van der Waals surface area contributed by atoms with Gasteiger partial charge in [0.2, 0.25) is 5.91 Å². The van der Waals surface area contributed by atoms with E-state index in [2.05, 4.69) is 20.3 Å². The highest BCUT2D eigenvalue weighted by Crippen LogP contribution is 2.17. The Hall–Kier alpha value is -4.16. The molecular formula is C30H42N4O12S. The molecule has 0 saturated heterocycles. The molecule has 47 heavy (non-hydrogen) atoms. The van der Waals surface area contributed by atoms with E-state index in [1.807, 2.05) is 0 Å². The second-order valence-corrected chi connectivity index (χ2v) is 11.6. The lowest BCUT2D eigenvalue weighted by atomic mass is 10.1. The summed E-state index contributed by atoms with van der Waals surface area (Å²) < 4.78 is 48.5. The molecule has 5 N–H and O–H groups in total. The third-order valence-corrected chi connectivity index (χ3v) is 7.53. The number of anilines is 1. The van der Waals surface area contributed by atoms with E-state index in [1.54, 1.807) is 12.1 Å². The van der Waals surface area contributed by atoms with Gasteiger partial charge in [0.1, 0.15) is 19.0 Å². The number of pyridine rings is 1. The van der Waals surface area contributed by atoms with Crippen molar-refractivity contribution in [3.8, 4) is 0 Å². The highest BCUT2D eigenvalue weighted by atomic mass is 32.2. The quantitative estimate of drug-likeness (QED) is 0.0876. The number of benzene rings is 1. The Morgan fingerprint density at radius 1 is 0.702 bits per heavy atom. The van der Waals surface area contributed by atoms with Crippen LogP contribution in [-0.2, 0) is 49.8 Å². The number of amides is 2. The number of carbonyl (C=O) groups excluding carboxylic acids is 2. The highest BCUT2D eigenvalue weighted by molar-refractivity contribution is 7.92. The maximum atomic E-state index is 12.8. The fraction of sp³-hybridized carbons (Fsp3) is 0.500. The van der Waals surface area contributed by atoms with Gasteiger partial charge in [-0.05, 0) is 49.1 Å². The summed E-state index contributed by atoms with van der Waals surface area (Å²) in [5.74, 6) is -2.57. The van der Waals surface area contributed by atoms with Gasteiger partial charge in [-0.15, -0.1) is 0 Å². The third-order valence-electron chi connectivity index (χ3n) is 6.16. The van der Waals surface area contributed by atoms with Gasteiger partial charge < -0.3 is 39.8 Å².